The molecule has 0 N–H and O–H groups in total. The van der Waals surface area contributed by atoms with Gasteiger partial charge in [-0.05, 0) is 29.8 Å². The molecule has 0 aliphatic carbocycles. The van der Waals surface area contributed by atoms with Crippen LogP contribution in [0.2, 0.25) is 0 Å². The Morgan fingerprint density at radius 1 is 0.900 bits per heavy atom. The molecule has 1 aliphatic heterocycles. The Balaban J connectivity index is 1.34. The summed E-state index contributed by atoms with van der Waals surface area (Å²) in [5, 5.41) is 2.20. The van der Waals surface area contributed by atoms with E-state index in [2.05, 4.69) is 0 Å². The molecule has 30 heavy (non-hydrogen) atoms. The molecule has 4 rings (SSSR count). The van der Waals surface area contributed by atoms with Gasteiger partial charge in [0.2, 0.25) is 15.9 Å². The Morgan fingerprint density at radius 3 is 2.33 bits per heavy atom. The van der Waals surface area contributed by atoms with E-state index in [9.17, 15) is 13.2 Å². The van der Waals surface area contributed by atoms with E-state index >= 15 is 0 Å². The van der Waals surface area contributed by atoms with Crippen molar-refractivity contribution in [1.82, 2.24) is 9.21 Å². The molecule has 0 radical (unpaired) electrons. The van der Waals surface area contributed by atoms with E-state index in [1.807, 2.05) is 60.7 Å². The van der Waals surface area contributed by atoms with Crippen molar-refractivity contribution in [2.24, 2.45) is 0 Å². The molecule has 0 unspecified atom stereocenters. The fraction of sp³-hybridized carbons (Fsp3) is 0.174. The number of sulfonamides is 1. The van der Waals surface area contributed by atoms with Gasteiger partial charge in [-0.25, -0.2) is 8.42 Å². The van der Waals surface area contributed by atoms with E-state index in [1.165, 1.54) is 15.8 Å². The van der Waals surface area contributed by atoms with Gasteiger partial charge in [0.05, 0.1) is 0 Å². The topological polar surface area (TPSA) is 70.8 Å². The number of amides is 1. The molecule has 154 valence electrons. The van der Waals surface area contributed by atoms with Crippen molar-refractivity contribution in [2.45, 2.75) is 0 Å². The number of benzene rings is 2. The maximum Gasteiger partial charge on any atom is 0.246 e. The highest BCUT2D eigenvalue weighted by molar-refractivity contribution is 7.92. The van der Waals surface area contributed by atoms with Crippen molar-refractivity contribution in [2.75, 3.05) is 26.2 Å². The van der Waals surface area contributed by atoms with Crippen LogP contribution >= 0.6 is 0 Å². The summed E-state index contributed by atoms with van der Waals surface area (Å²) in [6, 6.07) is 18.8. The molecule has 0 bridgehead atoms. The number of carbonyl (C=O) groups excluding carboxylic acids is 1. The van der Waals surface area contributed by atoms with Crippen molar-refractivity contribution < 1.29 is 17.6 Å². The minimum Gasteiger partial charge on any atom is -0.457 e. The Labute approximate surface area is 175 Å². The number of piperazine rings is 1. The van der Waals surface area contributed by atoms with E-state index < -0.39 is 10.0 Å². The van der Waals surface area contributed by atoms with E-state index in [0.717, 1.165) is 16.5 Å². The van der Waals surface area contributed by atoms with Crippen LogP contribution in [-0.4, -0.2) is 49.7 Å². The summed E-state index contributed by atoms with van der Waals surface area (Å²) >= 11 is 0. The van der Waals surface area contributed by atoms with Gasteiger partial charge in [-0.1, -0.05) is 48.5 Å². The summed E-state index contributed by atoms with van der Waals surface area (Å²) in [6.07, 6.45) is 4.70. The average Bonchev–Trinajstić information content (AvgIpc) is 3.20. The highest BCUT2D eigenvalue weighted by atomic mass is 32.2. The van der Waals surface area contributed by atoms with Gasteiger partial charge in [-0.2, -0.15) is 4.31 Å². The predicted octanol–water partition coefficient (Wildman–Crippen LogP) is 3.59. The molecule has 1 aliphatic rings. The number of hydrogen-bond donors (Lipinski definition) is 0. The molecule has 1 saturated heterocycles. The van der Waals surface area contributed by atoms with E-state index in [1.54, 1.807) is 17.1 Å². The van der Waals surface area contributed by atoms with Crippen LogP contribution in [0.15, 0.2) is 76.6 Å². The van der Waals surface area contributed by atoms with Crippen LogP contribution < -0.4 is 0 Å². The summed E-state index contributed by atoms with van der Waals surface area (Å²) in [5.74, 6) is 0.448. The van der Waals surface area contributed by atoms with Crippen LogP contribution in [0, 0.1) is 0 Å². The van der Waals surface area contributed by atoms with Crippen molar-refractivity contribution in [1.29, 1.82) is 0 Å². The number of para-hydroxylation sites is 1. The molecule has 6 nitrogen and oxygen atoms in total. The zero-order valence-electron chi connectivity index (χ0n) is 16.3. The van der Waals surface area contributed by atoms with Crippen LogP contribution in [0.5, 0.6) is 0 Å². The maximum atomic E-state index is 12.5. The van der Waals surface area contributed by atoms with Crippen molar-refractivity contribution in [3.63, 3.8) is 0 Å². The van der Waals surface area contributed by atoms with E-state index in [4.69, 9.17) is 4.42 Å². The standard InChI is InChI=1S/C23H22N2O4S/c26-23(11-10-21-18-20-8-4-5-9-22(20)29-21)24-13-15-25(16-14-24)30(27,28)17-12-19-6-2-1-3-7-19/h1-12,17-18H,13-16H2/b11-10+,17-12+. The van der Waals surface area contributed by atoms with Crippen LogP contribution in [0.1, 0.15) is 11.3 Å². The number of nitrogens with zero attached hydrogens (tertiary/aromatic N) is 2. The van der Waals surface area contributed by atoms with Gasteiger partial charge in [-0.15, -0.1) is 0 Å². The Kier molecular flexibility index (Phi) is 5.83. The monoisotopic (exact) mass is 422 g/mol. The highest BCUT2D eigenvalue weighted by Gasteiger charge is 2.26. The molecule has 1 amide bonds. The first kappa shape index (κ1) is 20.1. The third kappa shape index (κ3) is 4.69. The van der Waals surface area contributed by atoms with Crippen molar-refractivity contribution in [3.05, 3.63) is 83.5 Å². The third-order valence-corrected chi connectivity index (χ3v) is 6.54. The van der Waals surface area contributed by atoms with E-state index in [0.29, 0.717) is 18.8 Å². The molecule has 3 aromatic rings. The van der Waals surface area contributed by atoms with Gasteiger partial charge in [-0.3, -0.25) is 4.79 Å². The van der Waals surface area contributed by atoms with Crippen LogP contribution in [0.25, 0.3) is 23.1 Å². The lowest BCUT2D eigenvalue weighted by molar-refractivity contribution is -0.127. The minimum atomic E-state index is -3.52. The van der Waals surface area contributed by atoms with Crippen LogP contribution in [0.3, 0.4) is 0 Å². The number of hydrogen-bond acceptors (Lipinski definition) is 4. The predicted molar refractivity (Wildman–Crippen MR) is 118 cm³/mol. The fourth-order valence-corrected chi connectivity index (χ4v) is 4.49. The molecule has 0 saturated carbocycles. The molecule has 1 aromatic heterocycles. The van der Waals surface area contributed by atoms with Gasteiger partial charge in [0, 0.05) is 43.0 Å². The fourth-order valence-electron chi connectivity index (χ4n) is 3.32. The SMILES string of the molecule is O=C(/C=C/c1cc2ccccc2o1)N1CCN(S(=O)(=O)/C=C/c2ccccc2)CC1. The summed E-state index contributed by atoms with van der Waals surface area (Å²) in [5.41, 5.74) is 1.59. The van der Waals surface area contributed by atoms with Gasteiger partial charge in [0.15, 0.2) is 0 Å². The molecular formula is C23H22N2O4S. The zero-order valence-corrected chi connectivity index (χ0v) is 17.2. The second kappa shape index (κ2) is 8.69. The van der Waals surface area contributed by atoms with Gasteiger partial charge >= 0.3 is 0 Å². The van der Waals surface area contributed by atoms with Crippen molar-refractivity contribution in [3.8, 4) is 0 Å². The number of furan rings is 1. The van der Waals surface area contributed by atoms with E-state index in [-0.39, 0.29) is 19.0 Å². The van der Waals surface area contributed by atoms with Gasteiger partial charge < -0.3 is 9.32 Å². The Bertz CT molecular complexity index is 1160. The first-order chi connectivity index (χ1) is 14.5. The lowest BCUT2D eigenvalue weighted by Crippen LogP contribution is -2.49. The van der Waals surface area contributed by atoms with Gasteiger partial charge in [0.1, 0.15) is 11.3 Å². The molecule has 0 spiro atoms. The van der Waals surface area contributed by atoms with Crippen molar-refractivity contribution >= 4 is 39.1 Å². The second-order valence-corrected chi connectivity index (χ2v) is 8.82. The molecule has 2 aromatic carbocycles. The molecule has 7 heteroatoms. The Hall–Kier alpha value is -3.16. The smallest absolute Gasteiger partial charge is 0.246 e. The second-order valence-electron chi connectivity index (χ2n) is 7.00. The lowest BCUT2D eigenvalue weighted by atomic mass is 10.2. The number of carbonyl (C=O) groups is 1. The lowest BCUT2D eigenvalue weighted by Gasteiger charge is -2.32. The maximum absolute atomic E-state index is 12.5. The number of fused-ring (bicyclic) bond motifs is 1. The summed E-state index contributed by atoms with van der Waals surface area (Å²) < 4.78 is 32.2. The summed E-state index contributed by atoms with van der Waals surface area (Å²) in [7, 11) is -3.52. The molecule has 1 fully saturated rings. The normalized spacial score (nSPS) is 16.1. The summed E-state index contributed by atoms with van der Waals surface area (Å²) in [4.78, 5) is 14.1. The minimum absolute atomic E-state index is 0.160. The number of rotatable bonds is 5. The summed E-state index contributed by atoms with van der Waals surface area (Å²) in [6.45, 7) is 1.24. The first-order valence-electron chi connectivity index (χ1n) is 9.70. The van der Waals surface area contributed by atoms with Gasteiger partial charge in [0.25, 0.3) is 0 Å². The first-order valence-corrected chi connectivity index (χ1v) is 11.2. The average molecular weight is 423 g/mol. The molecule has 0 atom stereocenters. The Morgan fingerprint density at radius 2 is 1.60 bits per heavy atom. The van der Waals surface area contributed by atoms with Crippen LogP contribution in [0.4, 0.5) is 0 Å². The third-order valence-electron chi connectivity index (χ3n) is 4.98. The zero-order chi connectivity index (χ0) is 21.0. The molecular weight excluding hydrogens is 400 g/mol. The van der Waals surface area contributed by atoms with Crippen LogP contribution in [-0.2, 0) is 14.8 Å². The quantitative estimate of drug-likeness (QED) is 0.589. The molecule has 2 heterocycles. The highest BCUT2D eigenvalue weighted by Crippen LogP contribution is 2.20. The largest absolute Gasteiger partial charge is 0.457 e.